The van der Waals surface area contributed by atoms with Gasteiger partial charge in [-0.3, -0.25) is 0 Å². The Balaban J connectivity index is 0.00000132. The number of amidine groups is 1. The third kappa shape index (κ3) is 3.84. The molecule has 0 bridgehead atoms. The van der Waals surface area contributed by atoms with Gasteiger partial charge >= 0.3 is 0 Å². The van der Waals surface area contributed by atoms with Crippen molar-refractivity contribution in [2.24, 2.45) is 4.99 Å². The fourth-order valence-corrected chi connectivity index (χ4v) is 2.53. The van der Waals surface area contributed by atoms with E-state index in [0.717, 1.165) is 21.6 Å². The largest absolute Gasteiger partial charge is 0.623 e. The van der Waals surface area contributed by atoms with Gasteiger partial charge in [0.15, 0.2) is 5.84 Å². The van der Waals surface area contributed by atoms with Crippen molar-refractivity contribution in [3.63, 3.8) is 0 Å². The molecule has 1 aliphatic rings. The summed E-state index contributed by atoms with van der Waals surface area (Å²) in [5, 5.41) is 16.1. The number of fused-ring (bicyclic) bond motifs is 1. The Morgan fingerprint density at radius 3 is 2.52 bits per heavy atom. The monoisotopic (exact) mass is 351 g/mol. The van der Waals surface area contributed by atoms with Crippen LogP contribution < -0.4 is 5.32 Å². The van der Waals surface area contributed by atoms with E-state index in [-0.39, 0.29) is 26.4 Å². The number of aliphatic imine (C=N–C) groups is 1. The Labute approximate surface area is 147 Å². The summed E-state index contributed by atoms with van der Waals surface area (Å²) in [5.74, 6) is 0.625. The first-order valence-electron chi connectivity index (χ1n) is 6.61. The van der Waals surface area contributed by atoms with E-state index in [9.17, 15) is 5.21 Å². The summed E-state index contributed by atoms with van der Waals surface area (Å²) in [7, 11) is 1.76. The Hall–Kier alpha value is -2.04. The van der Waals surface area contributed by atoms with Crippen molar-refractivity contribution in [3.05, 3.63) is 69.9 Å². The van der Waals surface area contributed by atoms with Crippen LogP contribution in [0.2, 0.25) is 5.02 Å². The smallest absolute Gasteiger partial charge is 0.228 e. The van der Waals surface area contributed by atoms with Gasteiger partial charge in [-0.05, 0) is 30.3 Å². The normalized spacial score (nSPS) is 13.0. The fraction of sp³-hybridized carbons (Fsp3) is 0.176. The van der Waals surface area contributed by atoms with Crippen LogP contribution >= 0.6 is 24.0 Å². The maximum atomic E-state index is 12.6. The Morgan fingerprint density at radius 1 is 1.17 bits per heavy atom. The molecule has 6 heteroatoms. The van der Waals surface area contributed by atoms with Gasteiger partial charge in [-0.25, -0.2) is 4.99 Å². The van der Waals surface area contributed by atoms with Crippen LogP contribution in [0.15, 0.2) is 53.5 Å². The molecule has 23 heavy (non-hydrogen) atoms. The molecule has 0 aromatic heterocycles. The summed E-state index contributed by atoms with van der Waals surface area (Å²) >= 11 is 6.10. The molecule has 4 nitrogen and oxygen atoms in total. The van der Waals surface area contributed by atoms with Crippen LogP contribution in [0.3, 0.4) is 0 Å². The van der Waals surface area contributed by atoms with Crippen LogP contribution in [-0.2, 0) is 0 Å². The van der Waals surface area contributed by atoms with Gasteiger partial charge in [-0.15, -0.1) is 12.4 Å². The quantitative estimate of drug-likeness (QED) is 0.623. The number of benzene rings is 2. The van der Waals surface area contributed by atoms with E-state index in [4.69, 9.17) is 11.6 Å². The number of hydroxylamine groups is 1. The summed E-state index contributed by atoms with van der Waals surface area (Å²) < 4.78 is 0.951. The van der Waals surface area contributed by atoms with Gasteiger partial charge in [0, 0.05) is 17.6 Å². The second-order valence-electron chi connectivity index (χ2n) is 4.72. The predicted molar refractivity (Wildman–Crippen MR) is 99.7 cm³/mol. The summed E-state index contributed by atoms with van der Waals surface area (Å²) in [6.07, 6.45) is 0. The SMILES string of the molecule is C.CNC1=Nc2ccc(Cl)cc2C(c2ccccc2)=[N+]([O-])C1.Cl. The molecule has 0 fully saturated rings. The first kappa shape index (κ1) is 19.0. The van der Waals surface area contributed by atoms with Crippen molar-refractivity contribution < 1.29 is 4.74 Å². The number of hydrogen-bond donors (Lipinski definition) is 1. The van der Waals surface area contributed by atoms with Gasteiger partial charge in [-0.2, -0.15) is 4.74 Å². The van der Waals surface area contributed by atoms with E-state index in [1.807, 2.05) is 36.4 Å². The van der Waals surface area contributed by atoms with Gasteiger partial charge in [0.2, 0.25) is 12.3 Å². The van der Waals surface area contributed by atoms with Crippen LogP contribution in [0.25, 0.3) is 0 Å². The first-order chi connectivity index (χ1) is 10.2. The molecule has 0 saturated heterocycles. The molecule has 1 N–H and O–H groups in total. The van der Waals surface area contributed by atoms with E-state index in [1.165, 1.54) is 0 Å². The molecule has 2 aromatic carbocycles. The molecule has 0 aliphatic carbocycles. The average Bonchev–Trinajstić information content (AvgIpc) is 2.63. The fourth-order valence-electron chi connectivity index (χ4n) is 2.36. The molecule has 0 unspecified atom stereocenters. The molecule has 0 radical (unpaired) electrons. The Kier molecular flexibility index (Phi) is 6.61. The molecule has 0 saturated carbocycles. The minimum atomic E-state index is 0. The third-order valence-corrected chi connectivity index (χ3v) is 3.58. The molecule has 1 aliphatic heterocycles. The topological polar surface area (TPSA) is 50.5 Å². The van der Waals surface area contributed by atoms with Crippen molar-refractivity contribution in [2.75, 3.05) is 13.6 Å². The number of nitrogens with zero attached hydrogens (tertiary/aromatic N) is 2. The lowest BCUT2D eigenvalue weighted by molar-refractivity contribution is -0.439. The van der Waals surface area contributed by atoms with E-state index < -0.39 is 0 Å². The number of hydrogen-bond acceptors (Lipinski definition) is 3. The van der Waals surface area contributed by atoms with E-state index in [0.29, 0.717) is 16.6 Å². The van der Waals surface area contributed by atoms with Gasteiger partial charge < -0.3 is 10.5 Å². The van der Waals surface area contributed by atoms with Gasteiger partial charge in [0.25, 0.3) is 0 Å². The molecule has 3 rings (SSSR count). The molecular weight excluding hydrogens is 333 g/mol. The maximum Gasteiger partial charge on any atom is 0.228 e. The minimum absolute atomic E-state index is 0. The second kappa shape index (κ2) is 7.99. The molecule has 2 aromatic rings. The second-order valence-corrected chi connectivity index (χ2v) is 5.16. The average molecular weight is 352 g/mol. The number of halogens is 2. The molecule has 0 spiro atoms. The first-order valence-corrected chi connectivity index (χ1v) is 6.99. The van der Waals surface area contributed by atoms with E-state index in [1.54, 1.807) is 19.2 Å². The van der Waals surface area contributed by atoms with Crippen LogP contribution in [0.4, 0.5) is 5.69 Å². The zero-order chi connectivity index (χ0) is 14.8. The number of likely N-dealkylation sites (N-methyl/N-ethyl adjacent to an activating group) is 1. The highest BCUT2D eigenvalue weighted by atomic mass is 35.5. The van der Waals surface area contributed by atoms with Crippen LogP contribution in [0, 0.1) is 5.21 Å². The van der Waals surface area contributed by atoms with Crippen molar-refractivity contribution in [3.8, 4) is 0 Å². The van der Waals surface area contributed by atoms with Crippen LogP contribution in [0.5, 0.6) is 0 Å². The van der Waals surface area contributed by atoms with Crippen LogP contribution in [-0.4, -0.2) is 29.9 Å². The third-order valence-electron chi connectivity index (χ3n) is 3.35. The predicted octanol–water partition coefficient (Wildman–Crippen LogP) is 4.01. The highest BCUT2D eigenvalue weighted by Gasteiger charge is 2.24. The lowest BCUT2D eigenvalue weighted by Crippen LogP contribution is -2.29. The Morgan fingerprint density at radius 2 is 1.87 bits per heavy atom. The number of rotatable bonds is 1. The van der Waals surface area contributed by atoms with Gasteiger partial charge in [0.05, 0.1) is 11.3 Å². The lowest BCUT2D eigenvalue weighted by atomic mass is 10.0. The lowest BCUT2D eigenvalue weighted by Gasteiger charge is -2.10. The summed E-state index contributed by atoms with van der Waals surface area (Å²) in [4.78, 5) is 4.51. The minimum Gasteiger partial charge on any atom is -0.623 e. The molecule has 0 amide bonds. The number of nitrogens with one attached hydrogen (secondary N) is 1. The standard InChI is InChI=1S/C16H14ClN3O.CH4.ClH/c1-18-15-10-20(21)16(11-5-3-2-4-6-11)13-9-12(17)7-8-14(13)19-15;;/h2-9H,10H2,1H3,(H,18,19);1H4;1H. The summed E-state index contributed by atoms with van der Waals surface area (Å²) in [6.45, 7) is 0.174. The van der Waals surface area contributed by atoms with Crippen molar-refractivity contribution in [1.82, 2.24) is 5.32 Å². The summed E-state index contributed by atoms with van der Waals surface area (Å²) in [6, 6.07) is 15.0. The van der Waals surface area contributed by atoms with Crippen molar-refractivity contribution in [2.45, 2.75) is 7.43 Å². The highest BCUT2D eigenvalue weighted by molar-refractivity contribution is 6.31. The van der Waals surface area contributed by atoms with Gasteiger partial charge in [-0.1, -0.05) is 37.2 Å². The van der Waals surface area contributed by atoms with E-state index >= 15 is 0 Å². The molecule has 122 valence electrons. The zero-order valence-corrected chi connectivity index (χ0v) is 13.5. The molecule has 1 heterocycles. The maximum absolute atomic E-state index is 12.6. The highest BCUT2D eigenvalue weighted by Crippen LogP contribution is 2.27. The van der Waals surface area contributed by atoms with E-state index in [2.05, 4.69) is 10.3 Å². The van der Waals surface area contributed by atoms with Crippen molar-refractivity contribution >= 4 is 41.2 Å². The van der Waals surface area contributed by atoms with Crippen LogP contribution in [0.1, 0.15) is 18.6 Å². The molecular formula is C17H19Cl2N3O. The van der Waals surface area contributed by atoms with Gasteiger partial charge in [0.1, 0.15) is 0 Å². The Bertz CT molecular complexity index is 743. The summed E-state index contributed by atoms with van der Waals surface area (Å²) in [5.41, 5.74) is 2.92. The zero-order valence-electron chi connectivity index (χ0n) is 11.9. The van der Waals surface area contributed by atoms with Crippen molar-refractivity contribution in [1.29, 1.82) is 0 Å². The molecule has 0 atom stereocenters.